The van der Waals surface area contributed by atoms with Crippen LogP contribution in [0.5, 0.6) is 0 Å². The number of ether oxygens (including phenoxy) is 2. The predicted molar refractivity (Wildman–Crippen MR) is 135 cm³/mol. The molecule has 40 heavy (non-hydrogen) atoms. The van der Waals surface area contributed by atoms with Gasteiger partial charge in [0.2, 0.25) is 0 Å². The molecule has 0 saturated heterocycles. The third-order valence-electron chi connectivity index (χ3n) is 5.78. The second-order valence-electron chi connectivity index (χ2n) is 8.84. The standard InChI is InChI=1S/C29H27F6NO4/c1-2-39-27(38)14-20-12-21(15-24(13-20)29(33,34)35)25-9-8-23(28(30,31)32)16-22(25)17-36-11-10-26(37)40-18-19-6-4-3-5-7-19/h3-9,12-13,15-16,36H,2,10-11,14,17-18H2,1H3. The van der Waals surface area contributed by atoms with E-state index in [4.69, 9.17) is 9.47 Å². The van der Waals surface area contributed by atoms with Crippen LogP contribution in [0.25, 0.3) is 11.1 Å². The van der Waals surface area contributed by atoms with Crippen molar-refractivity contribution in [1.82, 2.24) is 5.32 Å². The van der Waals surface area contributed by atoms with Gasteiger partial charge in [0.15, 0.2) is 0 Å². The summed E-state index contributed by atoms with van der Waals surface area (Å²) in [6.45, 7) is 1.55. The third-order valence-corrected chi connectivity index (χ3v) is 5.78. The molecule has 0 atom stereocenters. The lowest BCUT2D eigenvalue weighted by Gasteiger charge is -2.17. The zero-order valence-electron chi connectivity index (χ0n) is 21.5. The number of benzene rings is 3. The molecular formula is C29H27F6NO4. The average molecular weight is 568 g/mol. The Labute approximate surface area is 227 Å². The molecule has 0 amide bonds. The molecule has 0 radical (unpaired) electrons. The van der Waals surface area contributed by atoms with Crippen LogP contribution in [0.4, 0.5) is 26.3 Å². The highest BCUT2D eigenvalue weighted by molar-refractivity contribution is 5.75. The highest BCUT2D eigenvalue weighted by Gasteiger charge is 2.33. The second-order valence-corrected chi connectivity index (χ2v) is 8.84. The van der Waals surface area contributed by atoms with E-state index in [0.717, 1.165) is 35.9 Å². The van der Waals surface area contributed by atoms with Crippen molar-refractivity contribution in [1.29, 1.82) is 0 Å². The van der Waals surface area contributed by atoms with E-state index in [1.807, 2.05) is 6.07 Å². The molecule has 0 saturated carbocycles. The van der Waals surface area contributed by atoms with E-state index < -0.39 is 41.8 Å². The molecule has 214 valence electrons. The molecule has 0 heterocycles. The summed E-state index contributed by atoms with van der Waals surface area (Å²) < 4.78 is 91.3. The zero-order chi connectivity index (χ0) is 29.3. The molecule has 0 aliphatic carbocycles. The van der Waals surface area contributed by atoms with Gasteiger partial charge >= 0.3 is 24.3 Å². The molecule has 3 rings (SSSR count). The van der Waals surface area contributed by atoms with E-state index in [2.05, 4.69) is 5.32 Å². The first-order chi connectivity index (χ1) is 18.9. The minimum Gasteiger partial charge on any atom is -0.466 e. The molecular weight excluding hydrogens is 540 g/mol. The molecule has 5 nitrogen and oxygen atoms in total. The van der Waals surface area contributed by atoms with Gasteiger partial charge in [0.1, 0.15) is 6.61 Å². The van der Waals surface area contributed by atoms with Gasteiger partial charge in [-0.05, 0) is 59.0 Å². The van der Waals surface area contributed by atoms with Crippen LogP contribution >= 0.6 is 0 Å². The van der Waals surface area contributed by atoms with Crippen LogP contribution in [0.3, 0.4) is 0 Å². The summed E-state index contributed by atoms with van der Waals surface area (Å²) in [6.07, 6.45) is -9.96. The summed E-state index contributed by atoms with van der Waals surface area (Å²) in [5, 5.41) is 2.86. The fourth-order valence-corrected chi connectivity index (χ4v) is 3.91. The lowest BCUT2D eigenvalue weighted by Crippen LogP contribution is -2.20. The van der Waals surface area contributed by atoms with Crippen LogP contribution in [0.1, 0.15) is 41.2 Å². The van der Waals surface area contributed by atoms with Gasteiger partial charge in [0, 0.05) is 13.1 Å². The summed E-state index contributed by atoms with van der Waals surface area (Å²) in [6, 6.07) is 14.6. The van der Waals surface area contributed by atoms with Crippen molar-refractivity contribution in [3.63, 3.8) is 0 Å². The van der Waals surface area contributed by atoms with Gasteiger partial charge in [0.05, 0.1) is 30.6 Å². The van der Waals surface area contributed by atoms with Crippen molar-refractivity contribution in [3.05, 3.63) is 94.5 Å². The van der Waals surface area contributed by atoms with Crippen molar-refractivity contribution in [2.24, 2.45) is 0 Å². The molecule has 11 heteroatoms. The van der Waals surface area contributed by atoms with Gasteiger partial charge in [-0.2, -0.15) is 26.3 Å². The maximum absolute atomic E-state index is 13.6. The maximum Gasteiger partial charge on any atom is 0.416 e. The fraction of sp³-hybridized carbons (Fsp3) is 0.310. The number of hydrogen-bond acceptors (Lipinski definition) is 5. The van der Waals surface area contributed by atoms with Crippen LogP contribution in [0.2, 0.25) is 0 Å². The van der Waals surface area contributed by atoms with Crippen molar-refractivity contribution in [3.8, 4) is 11.1 Å². The molecule has 0 aliphatic rings. The molecule has 3 aromatic carbocycles. The molecule has 0 bridgehead atoms. The molecule has 3 aromatic rings. The lowest BCUT2D eigenvalue weighted by molar-refractivity contribution is -0.145. The third kappa shape index (κ3) is 9.11. The Morgan fingerprint density at radius 1 is 0.775 bits per heavy atom. The smallest absolute Gasteiger partial charge is 0.416 e. The first-order valence-electron chi connectivity index (χ1n) is 12.3. The van der Waals surface area contributed by atoms with E-state index in [0.29, 0.717) is 0 Å². The Bertz CT molecular complexity index is 1310. The van der Waals surface area contributed by atoms with Crippen LogP contribution in [0.15, 0.2) is 66.7 Å². The first-order valence-corrected chi connectivity index (χ1v) is 12.3. The first kappa shape index (κ1) is 30.7. The van der Waals surface area contributed by atoms with Gasteiger partial charge < -0.3 is 14.8 Å². The monoisotopic (exact) mass is 567 g/mol. The number of halogens is 6. The number of hydrogen-bond donors (Lipinski definition) is 1. The summed E-state index contributed by atoms with van der Waals surface area (Å²) in [4.78, 5) is 24.0. The second kappa shape index (κ2) is 13.5. The molecule has 0 unspecified atom stereocenters. The Morgan fingerprint density at radius 2 is 1.48 bits per heavy atom. The number of rotatable bonds is 11. The molecule has 0 aliphatic heterocycles. The quantitative estimate of drug-likeness (QED) is 0.158. The molecule has 0 aromatic heterocycles. The molecule has 0 fully saturated rings. The summed E-state index contributed by atoms with van der Waals surface area (Å²) in [5.74, 6) is -1.26. The normalized spacial score (nSPS) is 11.8. The number of carbonyl (C=O) groups is 2. The van der Waals surface area contributed by atoms with E-state index in [9.17, 15) is 35.9 Å². The van der Waals surface area contributed by atoms with Crippen LogP contribution in [-0.4, -0.2) is 25.1 Å². The largest absolute Gasteiger partial charge is 0.466 e. The fourth-order valence-electron chi connectivity index (χ4n) is 3.91. The van der Waals surface area contributed by atoms with Crippen LogP contribution in [0, 0.1) is 0 Å². The summed E-state index contributed by atoms with van der Waals surface area (Å²) in [7, 11) is 0. The number of esters is 2. The maximum atomic E-state index is 13.6. The van der Waals surface area contributed by atoms with Crippen molar-refractivity contribution in [2.45, 2.75) is 45.3 Å². The van der Waals surface area contributed by atoms with E-state index >= 15 is 0 Å². The van der Waals surface area contributed by atoms with Gasteiger partial charge in [-0.3, -0.25) is 9.59 Å². The van der Waals surface area contributed by atoms with Crippen molar-refractivity contribution < 1.29 is 45.4 Å². The summed E-state index contributed by atoms with van der Waals surface area (Å²) >= 11 is 0. The van der Waals surface area contributed by atoms with Crippen molar-refractivity contribution >= 4 is 11.9 Å². The molecule has 1 N–H and O–H groups in total. The number of alkyl halides is 6. The highest BCUT2D eigenvalue weighted by atomic mass is 19.4. The van der Waals surface area contributed by atoms with Gasteiger partial charge in [-0.1, -0.05) is 42.5 Å². The summed E-state index contributed by atoms with van der Waals surface area (Å²) in [5.41, 5.74) is -1.07. The Hall–Kier alpha value is -3.86. The lowest BCUT2D eigenvalue weighted by atomic mass is 9.93. The topological polar surface area (TPSA) is 64.6 Å². The Balaban J connectivity index is 1.82. The highest BCUT2D eigenvalue weighted by Crippen LogP contribution is 2.37. The van der Waals surface area contributed by atoms with Crippen LogP contribution < -0.4 is 5.32 Å². The number of nitrogens with one attached hydrogen (secondary N) is 1. The molecule has 0 spiro atoms. The van der Waals surface area contributed by atoms with Gasteiger partial charge in [-0.25, -0.2) is 0 Å². The van der Waals surface area contributed by atoms with Crippen LogP contribution in [-0.2, 0) is 51.0 Å². The van der Waals surface area contributed by atoms with Crippen molar-refractivity contribution in [2.75, 3.05) is 13.2 Å². The minimum absolute atomic E-state index is 0.00300. The average Bonchev–Trinajstić information content (AvgIpc) is 2.89. The van der Waals surface area contributed by atoms with Gasteiger partial charge in [0.25, 0.3) is 0 Å². The van der Waals surface area contributed by atoms with E-state index in [1.54, 1.807) is 31.2 Å². The predicted octanol–water partition coefficient (Wildman–Crippen LogP) is 6.72. The number of carbonyl (C=O) groups excluding carboxylic acids is 2. The van der Waals surface area contributed by atoms with Gasteiger partial charge in [-0.15, -0.1) is 0 Å². The minimum atomic E-state index is -4.76. The van der Waals surface area contributed by atoms with E-state index in [-0.39, 0.29) is 55.0 Å². The Morgan fingerprint density at radius 3 is 2.12 bits per heavy atom. The zero-order valence-corrected chi connectivity index (χ0v) is 21.5. The SMILES string of the molecule is CCOC(=O)Cc1cc(-c2ccc(C(F)(F)F)cc2CNCCC(=O)OCc2ccccc2)cc(C(F)(F)F)c1. The Kier molecular flexibility index (Phi) is 10.3. The van der Waals surface area contributed by atoms with E-state index in [1.165, 1.54) is 6.07 Å².